The summed E-state index contributed by atoms with van der Waals surface area (Å²) in [6.45, 7) is 0.308. The van der Waals surface area contributed by atoms with Crippen LogP contribution in [0.3, 0.4) is 0 Å². The van der Waals surface area contributed by atoms with E-state index in [-0.39, 0.29) is 5.82 Å². The Hall–Kier alpha value is -1.63. The smallest absolute Gasteiger partial charge is 0.298 e. The molecular weight excluding hydrogens is 679 g/mol. The number of thioether (sulfide) groups is 1. The molecular formula is C23H13ClFI2NO3S. The van der Waals surface area contributed by atoms with Crippen LogP contribution < -0.4 is 9.64 Å². The standard InChI is InChI=1S/C23H13ClFI2NO3S/c24-16-3-1-2-4-19(16)28-22(29)20(32-23(28)30)11-14-9-17(26)21(18(27)10-14)31-12-13-5-7-15(25)8-6-13/h1-11H,12H2/b20-11-. The third-order valence-corrected chi connectivity index (χ3v) is 7.29. The van der Waals surface area contributed by atoms with Crippen molar-refractivity contribution in [2.24, 2.45) is 0 Å². The normalized spacial score (nSPS) is 15.0. The van der Waals surface area contributed by atoms with Crippen molar-refractivity contribution in [1.29, 1.82) is 0 Å². The van der Waals surface area contributed by atoms with E-state index in [1.165, 1.54) is 12.1 Å². The first-order valence-electron chi connectivity index (χ1n) is 9.22. The summed E-state index contributed by atoms with van der Waals surface area (Å²) >= 11 is 11.4. The van der Waals surface area contributed by atoms with Crippen LogP contribution in [0, 0.1) is 13.0 Å². The second-order valence-electron chi connectivity index (χ2n) is 6.70. The molecule has 0 aromatic heterocycles. The number of halogens is 4. The molecule has 0 spiro atoms. The third kappa shape index (κ3) is 5.13. The molecule has 162 valence electrons. The van der Waals surface area contributed by atoms with Crippen LogP contribution in [0.15, 0.2) is 65.6 Å². The minimum absolute atomic E-state index is 0.291. The fourth-order valence-electron chi connectivity index (χ4n) is 3.00. The second kappa shape index (κ2) is 10.1. The molecule has 2 amide bonds. The van der Waals surface area contributed by atoms with Crippen molar-refractivity contribution in [2.45, 2.75) is 6.61 Å². The Kier molecular flexibility index (Phi) is 7.43. The lowest BCUT2D eigenvalue weighted by atomic mass is 10.2. The highest BCUT2D eigenvalue weighted by Crippen LogP contribution is 2.39. The second-order valence-corrected chi connectivity index (χ2v) is 10.4. The van der Waals surface area contributed by atoms with Gasteiger partial charge in [0, 0.05) is 0 Å². The van der Waals surface area contributed by atoms with Gasteiger partial charge in [0.1, 0.15) is 18.2 Å². The van der Waals surface area contributed by atoms with Crippen LogP contribution in [-0.2, 0) is 11.4 Å². The number of nitrogens with zero attached hydrogens (tertiary/aromatic N) is 1. The van der Waals surface area contributed by atoms with E-state index in [2.05, 4.69) is 45.2 Å². The number of ether oxygens (including phenoxy) is 1. The molecule has 0 aliphatic carbocycles. The van der Waals surface area contributed by atoms with Gasteiger partial charge in [-0.3, -0.25) is 9.59 Å². The zero-order chi connectivity index (χ0) is 22.8. The number of benzene rings is 3. The van der Waals surface area contributed by atoms with E-state index in [0.717, 1.165) is 34.9 Å². The van der Waals surface area contributed by atoms with E-state index in [1.807, 2.05) is 12.1 Å². The topological polar surface area (TPSA) is 46.6 Å². The van der Waals surface area contributed by atoms with Crippen molar-refractivity contribution in [2.75, 3.05) is 4.90 Å². The highest BCUT2D eigenvalue weighted by atomic mass is 127. The monoisotopic (exact) mass is 691 g/mol. The molecule has 0 N–H and O–H groups in total. The molecule has 0 atom stereocenters. The van der Waals surface area contributed by atoms with E-state index in [4.69, 9.17) is 16.3 Å². The first-order valence-corrected chi connectivity index (χ1v) is 12.6. The zero-order valence-electron chi connectivity index (χ0n) is 16.2. The van der Waals surface area contributed by atoms with Crippen LogP contribution >= 0.6 is 68.5 Å². The van der Waals surface area contributed by atoms with Crippen molar-refractivity contribution < 1.29 is 18.7 Å². The zero-order valence-corrected chi connectivity index (χ0v) is 22.0. The van der Waals surface area contributed by atoms with Crippen LogP contribution in [-0.4, -0.2) is 11.1 Å². The maximum Gasteiger partial charge on any atom is 0.298 e. The fraction of sp³-hybridized carbons (Fsp3) is 0.0435. The van der Waals surface area contributed by atoms with Crippen molar-refractivity contribution in [3.05, 3.63) is 94.7 Å². The Morgan fingerprint density at radius 1 is 1.03 bits per heavy atom. The van der Waals surface area contributed by atoms with Crippen LogP contribution in [0.5, 0.6) is 5.75 Å². The van der Waals surface area contributed by atoms with Gasteiger partial charge >= 0.3 is 0 Å². The van der Waals surface area contributed by atoms with Crippen LogP contribution in [0.2, 0.25) is 5.02 Å². The predicted octanol–water partition coefficient (Wildman–Crippen LogP) is 7.51. The molecule has 1 aliphatic heterocycles. The van der Waals surface area contributed by atoms with Crippen molar-refractivity contribution in [3.8, 4) is 5.75 Å². The quantitative estimate of drug-likeness (QED) is 0.205. The molecule has 3 aromatic rings. The Balaban J connectivity index is 1.55. The molecule has 0 saturated carbocycles. The minimum atomic E-state index is -0.408. The summed E-state index contributed by atoms with van der Waals surface area (Å²) in [6, 6.07) is 16.7. The van der Waals surface area contributed by atoms with Gasteiger partial charge in [-0.25, -0.2) is 9.29 Å². The first kappa shape index (κ1) is 23.5. The van der Waals surface area contributed by atoms with E-state index >= 15 is 0 Å². The maximum absolute atomic E-state index is 13.1. The number of rotatable bonds is 5. The van der Waals surface area contributed by atoms with Crippen molar-refractivity contribution >= 4 is 91.5 Å². The number of carbonyl (C=O) groups is 2. The summed E-state index contributed by atoms with van der Waals surface area (Å²) < 4.78 is 20.7. The number of carbonyl (C=O) groups excluding carboxylic acids is 2. The molecule has 0 unspecified atom stereocenters. The molecule has 0 bridgehead atoms. The van der Waals surface area contributed by atoms with Gasteiger partial charge in [0.15, 0.2) is 0 Å². The Labute approximate surface area is 220 Å². The Morgan fingerprint density at radius 2 is 1.69 bits per heavy atom. The SMILES string of the molecule is O=C1S/C(=C\c2cc(I)c(OCc3ccc(F)cc3)c(I)c2)C(=O)N1c1ccccc1Cl. The van der Waals surface area contributed by atoms with Gasteiger partial charge in [0.2, 0.25) is 0 Å². The van der Waals surface area contributed by atoms with Crippen molar-refractivity contribution in [3.63, 3.8) is 0 Å². The molecule has 1 fully saturated rings. The van der Waals surface area contributed by atoms with Gasteiger partial charge in [-0.2, -0.15) is 0 Å². The average Bonchev–Trinajstić information content (AvgIpc) is 3.02. The lowest BCUT2D eigenvalue weighted by Gasteiger charge is -2.13. The fourth-order valence-corrected chi connectivity index (χ4v) is 6.18. The number of amides is 2. The summed E-state index contributed by atoms with van der Waals surface area (Å²) in [4.78, 5) is 26.8. The number of anilines is 1. The molecule has 3 aromatic carbocycles. The van der Waals surface area contributed by atoms with Gasteiger partial charge in [-0.1, -0.05) is 35.9 Å². The minimum Gasteiger partial charge on any atom is -0.487 e. The lowest BCUT2D eigenvalue weighted by Crippen LogP contribution is -2.27. The molecule has 32 heavy (non-hydrogen) atoms. The largest absolute Gasteiger partial charge is 0.487 e. The van der Waals surface area contributed by atoms with Crippen LogP contribution in [0.1, 0.15) is 11.1 Å². The predicted molar refractivity (Wildman–Crippen MR) is 143 cm³/mol. The van der Waals surface area contributed by atoms with E-state index < -0.39 is 11.1 Å². The number of hydrogen-bond acceptors (Lipinski definition) is 4. The molecule has 1 aliphatic rings. The summed E-state index contributed by atoms with van der Waals surface area (Å²) in [6.07, 6.45) is 1.69. The molecule has 4 nitrogen and oxygen atoms in total. The first-order chi connectivity index (χ1) is 15.3. The summed E-state index contributed by atoms with van der Waals surface area (Å²) in [5, 5.41) is -0.0548. The van der Waals surface area contributed by atoms with Crippen molar-refractivity contribution in [1.82, 2.24) is 0 Å². The molecule has 1 heterocycles. The van der Waals surface area contributed by atoms with E-state index in [1.54, 1.807) is 42.5 Å². The van der Waals surface area contributed by atoms with Crippen LogP contribution in [0.4, 0.5) is 14.9 Å². The maximum atomic E-state index is 13.1. The molecule has 0 radical (unpaired) electrons. The number of imide groups is 1. The van der Waals surface area contributed by atoms with Gasteiger partial charge in [-0.15, -0.1) is 0 Å². The third-order valence-electron chi connectivity index (χ3n) is 4.50. The summed E-state index contributed by atoms with van der Waals surface area (Å²) in [5.41, 5.74) is 2.00. The summed E-state index contributed by atoms with van der Waals surface area (Å²) in [7, 11) is 0. The van der Waals surface area contributed by atoms with Gasteiger partial charge < -0.3 is 4.74 Å². The van der Waals surface area contributed by atoms with E-state index in [0.29, 0.717) is 28.0 Å². The van der Waals surface area contributed by atoms with Gasteiger partial charge in [0.25, 0.3) is 11.1 Å². The number of hydrogen-bond donors (Lipinski definition) is 0. The highest BCUT2D eigenvalue weighted by molar-refractivity contribution is 14.1. The molecule has 1 saturated heterocycles. The average molecular weight is 692 g/mol. The van der Waals surface area contributed by atoms with Gasteiger partial charge in [0.05, 0.1) is 22.8 Å². The molecule has 4 rings (SSSR count). The Bertz CT molecular complexity index is 1230. The Morgan fingerprint density at radius 3 is 2.34 bits per heavy atom. The highest BCUT2D eigenvalue weighted by Gasteiger charge is 2.37. The van der Waals surface area contributed by atoms with Gasteiger partial charge in [-0.05, 0) is 111 Å². The van der Waals surface area contributed by atoms with E-state index in [9.17, 15) is 14.0 Å². The molecule has 9 heteroatoms. The summed E-state index contributed by atoms with van der Waals surface area (Å²) in [5.74, 6) is 0.00723. The van der Waals surface area contributed by atoms with Crippen LogP contribution in [0.25, 0.3) is 6.08 Å². The number of para-hydroxylation sites is 1. The lowest BCUT2D eigenvalue weighted by molar-refractivity contribution is -0.113.